The Labute approximate surface area is 186 Å². The van der Waals surface area contributed by atoms with Crippen LogP contribution >= 0.6 is 23.4 Å². The molecule has 0 saturated heterocycles. The lowest BCUT2D eigenvalue weighted by Crippen LogP contribution is -2.33. The first kappa shape index (κ1) is 21.1. The molecule has 0 bridgehead atoms. The van der Waals surface area contributed by atoms with E-state index in [9.17, 15) is 19.7 Å². The molecule has 4 rings (SSSR count). The summed E-state index contributed by atoms with van der Waals surface area (Å²) in [4.78, 5) is 40.3. The van der Waals surface area contributed by atoms with E-state index in [-0.39, 0.29) is 18.0 Å². The number of hydrogen-bond acceptors (Lipinski definition) is 6. The zero-order valence-electron chi connectivity index (χ0n) is 16.4. The highest BCUT2D eigenvalue weighted by atomic mass is 35.5. The van der Waals surface area contributed by atoms with Gasteiger partial charge in [0.1, 0.15) is 5.82 Å². The van der Waals surface area contributed by atoms with E-state index in [1.807, 2.05) is 18.2 Å². The molecule has 0 radical (unpaired) electrons. The molecule has 1 aliphatic rings. The number of nitro groups is 1. The maximum atomic E-state index is 13.0. The molecule has 0 fully saturated rings. The Bertz CT molecular complexity index is 1260. The first-order chi connectivity index (χ1) is 14.8. The van der Waals surface area contributed by atoms with Crippen molar-refractivity contribution in [2.45, 2.75) is 23.2 Å². The summed E-state index contributed by atoms with van der Waals surface area (Å²) >= 11 is 7.54. The molecule has 8 nitrogen and oxygen atoms in total. The largest absolute Gasteiger partial charge is 0.312 e. The lowest BCUT2D eigenvalue weighted by molar-refractivity contribution is -0.384. The zero-order chi connectivity index (χ0) is 22.1. The number of carbonyl (C=O) groups is 1. The van der Waals surface area contributed by atoms with Gasteiger partial charge >= 0.3 is 0 Å². The first-order valence-corrected chi connectivity index (χ1v) is 10.7. The molecule has 31 heavy (non-hydrogen) atoms. The molecule has 0 spiro atoms. The number of rotatable bonds is 5. The van der Waals surface area contributed by atoms with E-state index in [2.05, 4.69) is 10.3 Å². The van der Waals surface area contributed by atoms with Crippen molar-refractivity contribution in [3.05, 3.63) is 90.7 Å². The SMILES string of the molecule is Cn1c(SCc2ccccc2Cl)nc(=O)c2c1NC(=O)CC2c1cccc([N+](=O)[O-])c1. The normalized spacial score (nSPS) is 15.3. The highest BCUT2D eigenvalue weighted by Crippen LogP contribution is 2.37. The van der Waals surface area contributed by atoms with Gasteiger partial charge in [-0.05, 0) is 17.2 Å². The van der Waals surface area contributed by atoms with Gasteiger partial charge < -0.3 is 9.88 Å². The molecule has 1 aliphatic heterocycles. The Morgan fingerprint density at radius 2 is 2.03 bits per heavy atom. The van der Waals surface area contributed by atoms with Crippen molar-refractivity contribution in [3.8, 4) is 0 Å². The van der Waals surface area contributed by atoms with Crippen LogP contribution in [0.1, 0.15) is 29.0 Å². The minimum atomic E-state index is -0.613. The van der Waals surface area contributed by atoms with Crippen molar-refractivity contribution >= 4 is 40.8 Å². The smallest absolute Gasteiger partial charge is 0.279 e. The third-order valence-corrected chi connectivity index (χ3v) is 6.55. The molecular weight excluding hydrogens is 440 g/mol. The van der Waals surface area contributed by atoms with Crippen LogP contribution in [-0.2, 0) is 17.6 Å². The molecule has 1 atom stereocenters. The minimum Gasteiger partial charge on any atom is -0.312 e. The van der Waals surface area contributed by atoms with Gasteiger partial charge in [0.05, 0.1) is 10.5 Å². The number of anilines is 1. The Morgan fingerprint density at radius 3 is 2.77 bits per heavy atom. The number of non-ortho nitro benzene ring substituents is 1. The fourth-order valence-corrected chi connectivity index (χ4v) is 4.81. The van der Waals surface area contributed by atoms with Crippen molar-refractivity contribution in [2.75, 3.05) is 5.32 Å². The fourth-order valence-electron chi connectivity index (χ4n) is 3.56. The summed E-state index contributed by atoms with van der Waals surface area (Å²) in [7, 11) is 1.72. The average Bonchev–Trinajstić information content (AvgIpc) is 2.75. The Morgan fingerprint density at radius 1 is 1.26 bits per heavy atom. The summed E-state index contributed by atoms with van der Waals surface area (Å²) in [5.41, 5.74) is 1.19. The second-order valence-electron chi connectivity index (χ2n) is 7.06. The van der Waals surface area contributed by atoms with Crippen LogP contribution in [0.3, 0.4) is 0 Å². The van der Waals surface area contributed by atoms with Crippen LogP contribution in [0, 0.1) is 10.1 Å². The maximum Gasteiger partial charge on any atom is 0.279 e. The highest BCUT2D eigenvalue weighted by Gasteiger charge is 2.32. The van der Waals surface area contributed by atoms with Crippen molar-refractivity contribution in [1.82, 2.24) is 9.55 Å². The Hall–Kier alpha value is -3.17. The quantitative estimate of drug-likeness (QED) is 0.268. The number of nitrogens with zero attached hydrogens (tertiary/aromatic N) is 3. The van der Waals surface area contributed by atoms with E-state index < -0.39 is 16.4 Å². The number of nitro benzene ring substituents is 1. The summed E-state index contributed by atoms with van der Waals surface area (Å²) in [6, 6.07) is 13.4. The molecule has 1 unspecified atom stereocenters. The number of nitrogens with one attached hydrogen (secondary N) is 1. The van der Waals surface area contributed by atoms with Gasteiger partial charge in [0.15, 0.2) is 5.16 Å². The topological polar surface area (TPSA) is 107 Å². The summed E-state index contributed by atoms with van der Waals surface area (Å²) in [6.07, 6.45) is 0.0111. The summed E-state index contributed by atoms with van der Waals surface area (Å²) in [6.45, 7) is 0. The van der Waals surface area contributed by atoms with E-state index in [0.717, 1.165) is 5.56 Å². The third-order valence-electron chi connectivity index (χ3n) is 5.10. The lowest BCUT2D eigenvalue weighted by Gasteiger charge is -2.27. The minimum absolute atomic E-state index is 0.0111. The molecule has 1 N–H and O–H groups in total. The number of hydrogen-bond donors (Lipinski definition) is 1. The number of halogens is 1. The van der Waals surface area contributed by atoms with Crippen LogP contribution in [0.25, 0.3) is 0 Å². The summed E-state index contributed by atoms with van der Waals surface area (Å²) in [5, 5.41) is 15.0. The van der Waals surface area contributed by atoms with Gasteiger partial charge in [-0.2, -0.15) is 4.98 Å². The number of amides is 1. The second kappa shape index (κ2) is 8.52. The van der Waals surface area contributed by atoms with Gasteiger partial charge in [0, 0.05) is 42.3 Å². The van der Waals surface area contributed by atoms with E-state index >= 15 is 0 Å². The number of aromatic nitrogens is 2. The van der Waals surface area contributed by atoms with Gasteiger partial charge in [-0.1, -0.05) is 53.7 Å². The molecule has 158 valence electrons. The fraction of sp³-hybridized carbons (Fsp3) is 0.190. The number of fused-ring (bicyclic) bond motifs is 1. The number of benzene rings is 2. The standard InChI is InChI=1S/C21H17ClN4O4S/c1-25-19-18(20(28)24-21(25)31-11-13-5-2-3-8-16(13)22)15(10-17(27)23-19)12-6-4-7-14(9-12)26(29)30/h2-9,15H,10-11H2,1H3,(H,23,27). The number of thioether (sulfide) groups is 1. The van der Waals surface area contributed by atoms with E-state index in [0.29, 0.717) is 32.9 Å². The second-order valence-corrected chi connectivity index (χ2v) is 8.41. The van der Waals surface area contributed by atoms with Crippen LogP contribution in [0.5, 0.6) is 0 Å². The molecule has 1 amide bonds. The van der Waals surface area contributed by atoms with E-state index in [4.69, 9.17) is 11.6 Å². The van der Waals surface area contributed by atoms with Crippen LogP contribution in [0.2, 0.25) is 5.02 Å². The lowest BCUT2D eigenvalue weighted by atomic mass is 9.86. The van der Waals surface area contributed by atoms with Crippen molar-refractivity contribution in [1.29, 1.82) is 0 Å². The molecule has 2 heterocycles. The average molecular weight is 457 g/mol. The first-order valence-electron chi connectivity index (χ1n) is 9.36. The molecule has 3 aromatic rings. The van der Waals surface area contributed by atoms with Crippen LogP contribution in [0.4, 0.5) is 11.5 Å². The van der Waals surface area contributed by atoms with Crippen LogP contribution in [0.15, 0.2) is 58.5 Å². The Balaban J connectivity index is 1.74. The van der Waals surface area contributed by atoms with Crippen molar-refractivity contribution < 1.29 is 9.72 Å². The van der Waals surface area contributed by atoms with E-state index in [1.54, 1.807) is 29.8 Å². The van der Waals surface area contributed by atoms with Crippen molar-refractivity contribution in [2.24, 2.45) is 7.05 Å². The van der Waals surface area contributed by atoms with Crippen LogP contribution in [-0.4, -0.2) is 20.4 Å². The Kier molecular flexibility index (Phi) is 5.79. The van der Waals surface area contributed by atoms with Gasteiger partial charge in [-0.3, -0.25) is 19.7 Å². The monoisotopic (exact) mass is 456 g/mol. The summed E-state index contributed by atoms with van der Waals surface area (Å²) < 4.78 is 1.67. The van der Waals surface area contributed by atoms with Gasteiger partial charge in [-0.25, -0.2) is 0 Å². The molecular formula is C21H17ClN4O4S. The molecule has 10 heteroatoms. The maximum absolute atomic E-state index is 13.0. The predicted molar refractivity (Wildman–Crippen MR) is 119 cm³/mol. The predicted octanol–water partition coefficient (Wildman–Crippen LogP) is 4.11. The number of carbonyl (C=O) groups excluding carboxylic acids is 1. The van der Waals surface area contributed by atoms with Gasteiger partial charge in [0.25, 0.3) is 11.2 Å². The zero-order valence-corrected chi connectivity index (χ0v) is 17.9. The van der Waals surface area contributed by atoms with Crippen LogP contribution < -0.4 is 10.9 Å². The summed E-state index contributed by atoms with van der Waals surface area (Å²) in [5.74, 6) is -0.0276. The van der Waals surface area contributed by atoms with Gasteiger partial charge in [-0.15, -0.1) is 0 Å². The molecule has 2 aromatic carbocycles. The highest BCUT2D eigenvalue weighted by molar-refractivity contribution is 7.98. The third kappa shape index (κ3) is 4.19. The molecule has 0 saturated carbocycles. The molecule has 0 aliphatic carbocycles. The van der Waals surface area contributed by atoms with Crippen molar-refractivity contribution in [3.63, 3.8) is 0 Å². The van der Waals surface area contributed by atoms with E-state index in [1.165, 1.54) is 23.9 Å². The molecule has 1 aromatic heterocycles. The van der Waals surface area contributed by atoms with Gasteiger partial charge in [0.2, 0.25) is 5.91 Å².